The normalized spacial score (nSPS) is 18.0. The van der Waals surface area contributed by atoms with Gasteiger partial charge in [0, 0.05) is 12.1 Å². The molecule has 2 rings (SSSR count). The Morgan fingerprint density at radius 1 is 1.35 bits per heavy atom. The molecule has 110 valence electrons. The number of aromatic nitrogens is 2. The Hall–Kier alpha value is -1.63. The first-order valence-electron chi connectivity index (χ1n) is 6.67. The van der Waals surface area contributed by atoms with Crippen LogP contribution in [0.1, 0.15) is 54.7 Å². The maximum absolute atomic E-state index is 12.5. The van der Waals surface area contributed by atoms with Crippen LogP contribution in [0.4, 0.5) is 8.78 Å². The van der Waals surface area contributed by atoms with Gasteiger partial charge in [-0.2, -0.15) is 0 Å². The molecule has 1 saturated carbocycles. The van der Waals surface area contributed by atoms with E-state index in [0.717, 1.165) is 44.5 Å². The first kappa shape index (κ1) is 14.8. The lowest BCUT2D eigenvalue weighted by Gasteiger charge is -2.33. The lowest BCUT2D eigenvalue weighted by Crippen LogP contribution is -2.51. The Labute approximate surface area is 116 Å². The molecule has 3 N–H and O–H groups in total. The third kappa shape index (κ3) is 3.69. The summed E-state index contributed by atoms with van der Waals surface area (Å²) in [6.07, 6.45) is 3.23. The van der Waals surface area contributed by atoms with Gasteiger partial charge in [-0.05, 0) is 18.9 Å². The van der Waals surface area contributed by atoms with Gasteiger partial charge in [-0.3, -0.25) is 4.79 Å². The van der Waals surface area contributed by atoms with Crippen LogP contribution in [0.15, 0.2) is 12.4 Å². The summed E-state index contributed by atoms with van der Waals surface area (Å²) in [5.74, 6) is -0.496. The second kappa shape index (κ2) is 6.21. The van der Waals surface area contributed by atoms with Gasteiger partial charge >= 0.3 is 0 Å². The zero-order chi connectivity index (χ0) is 14.6. The van der Waals surface area contributed by atoms with Crippen molar-refractivity contribution in [1.29, 1.82) is 0 Å². The van der Waals surface area contributed by atoms with Crippen molar-refractivity contribution in [2.45, 2.75) is 44.1 Å². The number of nitrogens with two attached hydrogens (primary N) is 1. The van der Waals surface area contributed by atoms with Crippen molar-refractivity contribution in [2.75, 3.05) is 6.54 Å². The van der Waals surface area contributed by atoms with Crippen molar-refractivity contribution in [3.05, 3.63) is 23.8 Å². The fourth-order valence-corrected chi connectivity index (χ4v) is 2.40. The lowest BCUT2D eigenvalue weighted by atomic mass is 9.82. The summed E-state index contributed by atoms with van der Waals surface area (Å²) >= 11 is 0. The number of nitrogens with one attached hydrogen (secondary N) is 1. The number of alkyl halides is 2. The second-order valence-corrected chi connectivity index (χ2v) is 5.23. The quantitative estimate of drug-likeness (QED) is 0.883. The van der Waals surface area contributed by atoms with Crippen molar-refractivity contribution < 1.29 is 13.6 Å². The van der Waals surface area contributed by atoms with Gasteiger partial charge in [0.2, 0.25) is 0 Å². The summed E-state index contributed by atoms with van der Waals surface area (Å²) in [4.78, 5) is 19.0. The minimum atomic E-state index is -2.72. The second-order valence-electron chi connectivity index (χ2n) is 5.23. The van der Waals surface area contributed by atoms with Crippen LogP contribution in [0.5, 0.6) is 0 Å². The molecule has 1 heterocycles. The number of nitrogens with zero attached hydrogens (tertiary/aromatic N) is 2. The highest BCUT2D eigenvalue weighted by atomic mass is 19.3. The molecule has 0 aliphatic heterocycles. The molecule has 5 nitrogen and oxygen atoms in total. The third-order valence-electron chi connectivity index (χ3n) is 3.59. The fourth-order valence-electron chi connectivity index (χ4n) is 2.40. The number of hydrogen-bond donors (Lipinski definition) is 2. The highest BCUT2D eigenvalue weighted by molar-refractivity contribution is 5.92. The van der Waals surface area contributed by atoms with Crippen molar-refractivity contribution in [1.82, 2.24) is 15.3 Å². The van der Waals surface area contributed by atoms with Gasteiger partial charge in [0.05, 0.1) is 0 Å². The van der Waals surface area contributed by atoms with Gasteiger partial charge < -0.3 is 11.1 Å². The van der Waals surface area contributed by atoms with E-state index in [1.54, 1.807) is 0 Å². The van der Waals surface area contributed by atoms with Crippen LogP contribution in [-0.2, 0) is 0 Å². The summed E-state index contributed by atoms with van der Waals surface area (Å²) in [7, 11) is 0. The van der Waals surface area contributed by atoms with E-state index in [1.807, 2.05) is 0 Å². The van der Waals surface area contributed by atoms with Crippen LogP contribution in [0.3, 0.4) is 0 Å². The molecule has 7 heteroatoms. The standard InChI is InChI=1S/C13H18F2N4O/c14-11(15)9-6-10(19-8-18-9)12(20)17-7-13(16)4-2-1-3-5-13/h6,8,11H,1-5,7,16H2,(H,17,20). The molecule has 0 radical (unpaired) electrons. The summed E-state index contributed by atoms with van der Waals surface area (Å²) < 4.78 is 25.0. The minimum absolute atomic E-state index is 0.0605. The monoisotopic (exact) mass is 284 g/mol. The molecular weight excluding hydrogens is 266 g/mol. The minimum Gasteiger partial charge on any atom is -0.349 e. The largest absolute Gasteiger partial charge is 0.349 e. The molecule has 1 aromatic heterocycles. The summed E-state index contributed by atoms with van der Waals surface area (Å²) in [6.45, 7) is 0.333. The Kier molecular flexibility index (Phi) is 4.59. The molecule has 1 aliphatic carbocycles. The van der Waals surface area contributed by atoms with Crippen molar-refractivity contribution >= 4 is 5.91 Å². The van der Waals surface area contributed by atoms with Crippen LogP contribution in [0.2, 0.25) is 0 Å². The van der Waals surface area contributed by atoms with Crippen LogP contribution in [0, 0.1) is 0 Å². The molecule has 1 aliphatic rings. The highest BCUT2D eigenvalue weighted by Crippen LogP contribution is 2.25. The number of halogens is 2. The Bertz CT molecular complexity index is 475. The van der Waals surface area contributed by atoms with E-state index in [4.69, 9.17) is 5.73 Å². The highest BCUT2D eigenvalue weighted by Gasteiger charge is 2.28. The van der Waals surface area contributed by atoms with Crippen LogP contribution < -0.4 is 11.1 Å². The van der Waals surface area contributed by atoms with E-state index in [0.29, 0.717) is 6.54 Å². The molecule has 1 amide bonds. The predicted octanol–water partition coefficient (Wildman–Crippen LogP) is 1.81. The number of carbonyl (C=O) groups is 1. The van der Waals surface area contributed by atoms with E-state index in [9.17, 15) is 13.6 Å². The van der Waals surface area contributed by atoms with Gasteiger partial charge in [0.25, 0.3) is 12.3 Å². The average Bonchev–Trinajstić information content (AvgIpc) is 2.46. The van der Waals surface area contributed by atoms with Crippen LogP contribution in [-0.4, -0.2) is 28.0 Å². The van der Waals surface area contributed by atoms with Crippen molar-refractivity contribution in [2.24, 2.45) is 5.73 Å². The van der Waals surface area contributed by atoms with E-state index in [1.165, 1.54) is 0 Å². The molecule has 0 unspecified atom stereocenters. The molecule has 20 heavy (non-hydrogen) atoms. The molecule has 0 aromatic carbocycles. The average molecular weight is 284 g/mol. The molecule has 0 saturated heterocycles. The summed E-state index contributed by atoms with van der Waals surface area (Å²) in [5.41, 5.74) is 5.29. The molecular formula is C13H18F2N4O. The summed E-state index contributed by atoms with van der Waals surface area (Å²) in [5, 5.41) is 2.68. The lowest BCUT2D eigenvalue weighted by molar-refractivity contribution is 0.0931. The zero-order valence-electron chi connectivity index (χ0n) is 11.1. The van der Waals surface area contributed by atoms with E-state index >= 15 is 0 Å². The third-order valence-corrected chi connectivity index (χ3v) is 3.59. The molecule has 1 fully saturated rings. The first-order chi connectivity index (χ1) is 9.50. The molecule has 0 bridgehead atoms. The maximum Gasteiger partial charge on any atom is 0.280 e. The van der Waals surface area contributed by atoms with E-state index in [2.05, 4.69) is 15.3 Å². The predicted molar refractivity (Wildman–Crippen MR) is 69.3 cm³/mol. The van der Waals surface area contributed by atoms with Gasteiger partial charge in [-0.15, -0.1) is 0 Å². The van der Waals surface area contributed by atoms with Crippen molar-refractivity contribution in [3.63, 3.8) is 0 Å². The van der Waals surface area contributed by atoms with Gasteiger partial charge in [-0.1, -0.05) is 19.3 Å². The topological polar surface area (TPSA) is 80.9 Å². The number of rotatable bonds is 4. The van der Waals surface area contributed by atoms with Gasteiger partial charge in [0.1, 0.15) is 17.7 Å². The Balaban J connectivity index is 1.96. The SMILES string of the molecule is NC1(CNC(=O)c2cc(C(F)F)ncn2)CCCCC1. The molecule has 0 spiro atoms. The maximum atomic E-state index is 12.5. The first-order valence-corrected chi connectivity index (χ1v) is 6.67. The smallest absolute Gasteiger partial charge is 0.280 e. The zero-order valence-corrected chi connectivity index (χ0v) is 11.1. The van der Waals surface area contributed by atoms with E-state index in [-0.39, 0.29) is 5.69 Å². The van der Waals surface area contributed by atoms with Gasteiger partial charge in [0.15, 0.2) is 0 Å². The molecule has 0 atom stereocenters. The van der Waals surface area contributed by atoms with Crippen LogP contribution in [0.25, 0.3) is 0 Å². The van der Waals surface area contributed by atoms with E-state index < -0.39 is 23.6 Å². The number of carbonyl (C=O) groups excluding carboxylic acids is 1. The number of amides is 1. The summed E-state index contributed by atoms with van der Waals surface area (Å²) in [6, 6.07) is 1.00. The van der Waals surface area contributed by atoms with Crippen LogP contribution >= 0.6 is 0 Å². The Morgan fingerprint density at radius 3 is 2.70 bits per heavy atom. The fraction of sp³-hybridized carbons (Fsp3) is 0.615. The Morgan fingerprint density at radius 2 is 2.05 bits per heavy atom. The van der Waals surface area contributed by atoms with Crippen molar-refractivity contribution in [3.8, 4) is 0 Å². The molecule has 1 aromatic rings. The number of hydrogen-bond acceptors (Lipinski definition) is 4. The van der Waals surface area contributed by atoms with Gasteiger partial charge in [-0.25, -0.2) is 18.7 Å².